The predicted molar refractivity (Wildman–Crippen MR) is 63.5 cm³/mol. The molecule has 0 saturated carbocycles. The summed E-state index contributed by atoms with van der Waals surface area (Å²) in [5.41, 5.74) is 0.171. The van der Waals surface area contributed by atoms with Gasteiger partial charge >= 0.3 is 5.97 Å². The van der Waals surface area contributed by atoms with E-state index in [0.717, 1.165) is 4.57 Å². The molecule has 0 aliphatic heterocycles. The molecule has 17 heavy (non-hydrogen) atoms. The SMILES string of the molecule is C[C@@H](C(=O)O)n1c(=S)[nH]c2cccnc2c1=O. The minimum atomic E-state index is -1.12. The van der Waals surface area contributed by atoms with Crippen LogP contribution in [0.1, 0.15) is 13.0 Å². The van der Waals surface area contributed by atoms with Gasteiger partial charge in [0, 0.05) is 6.20 Å². The second kappa shape index (κ2) is 4.10. The topological polar surface area (TPSA) is 88.0 Å². The van der Waals surface area contributed by atoms with Crippen LogP contribution in [0, 0.1) is 4.77 Å². The molecule has 0 fully saturated rings. The summed E-state index contributed by atoms with van der Waals surface area (Å²) in [6.07, 6.45) is 1.47. The van der Waals surface area contributed by atoms with Crippen LogP contribution in [-0.2, 0) is 4.79 Å². The number of carboxylic acid groups (broad SMARTS) is 1. The molecule has 2 aromatic rings. The van der Waals surface area contributed by atoms with Crippen molar-refractivity contribution in [1.29, 1.82) is 0 Å². The highest BCUT2D eigenvalue weighted by atomic mass is 32.1. The first-order valence-corrected chi connectivity index (χ1v) is 5.25. The van der Waals surface area contributed by atoms with Crippen LogP contribution in [-0.4, -0.2) is 25.6 Å². The lowest BCUT2D eigenvalue weighted by atomic mass is 10.3. The maximum Gasteiger partial charge on any atom is 0.326 e. The van der Waals surface area contributed by atoms with Crippen LogP contribution in [0.15, 0.2) is 23.1 Å². The Kier molecular flexibility index (Phi) is 2.76. The monoisotopic (exact) mass is 251 g/mol. The van der Waals surface area contributed by atoms with Crippen molar-refractivity contribution < 1.29 is 9.90 Å². The number of nitrogens with one attached hydrogen (secondary N) is 1. The van der Waals surface area contributed by atoms with E-state index in [1.54, 1.807) is 12.1 Å². The smallest absolute Gasteiger partial charge is 0.326 e. The Morgan fingerprint density at radius 2 is 2.35 bits per heavy atom. The fourth-order valence-electron chi connectivity index (χ4n) is 1.52. The Hall–Kier alpha value is -2.02. The summed E-state index contributed by atoms with van der Waals surface area (Å²) in [6, 6.07) is 2.30. The lowest BCUT2D eigenvalue weighted by Gasteiger charge is -2.11. The predicted octanol–water partition coefficient (Wildman–Crippen LogP) is 1.10. The van der Waals surface area contributed by atoms with E-state index in [1.807, 2.05) is 0 Å². The van der Waals surface area contributed by atoms with E-state index in [1.165, 1.54) is 13.1 Å². The van der Waals surface area contributed by atoms with Crippen molar-refractivity contribution in [2.45, 2.75) is 13.0 Å². The van der Waals surface area contributed by atoms with Gasteiger partial charge in [-0.25, -0.2) is 9.78 Å². The molecule has 7 heteroatoms. The molecule has 0 spiro atoms. The molecule has 6 nitrogen and oxygen atoms in total. The van der Waals surface area contributed by atoms with Gasteiger partial charge in [-0.3, -0.25) is 9.36 Å². The summed E-state index contributed by atoms with van der Waals surface area (Å²) in [5.74, 6) is -1.12. The molecular weight excluding hydrogens is 242 g/mol. The molecule has 2 aromatic heterocycles. The molecule has 0 saturated heterocycles. The maximum absolute atomic E-state index is 12.0. The highest BCUT2D eigenvalue weighted by molar-refractivity contribution is 7.71. The van der Waals surface area contributed by atoms with E-state index in [-0.39, 0.29) is 10.3 Å². The Balaban J connectivity index is 2.86. The summed E-state index contributed by atoms with van der Waals surface area (Å²) in [4.78, 5) is 29.7. The van der Waals surface area contributed by atoms with E-state index in [0.29, 0.717) is 5.52 Å². The minimum Gasteiger partial charge on any atom is -0.480 e. The molecular formula is C10H9N3O3S. The zero-order chi connectivity index (χ0) is 12.6. The normalized spacial score (nSPS) is 12.5. The average Bonchev–Trinajstić information content (AvgIpc) is 2.28. The van der Waals surface area contributed by atoms with Crippen LogP contribution in [0.25, 0.3) is 11.0 Å². The molecule has 0 amide bonds. The van der Waals surface area contributed by atoms with Gasteiger partial charge in [-0.1, -0.05) is 0 Å². The zero-order valence-corrected chi connectivity index (χ0v) is 9.69. The number of aliphatic carboxylic acids is 1. The Labute approximate surface area is 101 Å². The van der Waals surface area contributed by atoms with Crippen LogP contribution < -0.4 is 5.56 Å². The standard InChI is InChI=1S/C10H9N3O3S/c1-5(9(15)16)13-8(14)7-6(12-10(13)17)3-2-4-11-7/h2-5H,1H3,(H,12,17)(H,15,16)/t5-/m0/s1. The molecule has 0 radical (unpaired) electrons. The van der Waals surface area contributed by atoms with Gasteiger partial charge in [0.1, 0.15) is 6.04 Å². The molecule has 0 unspecified atom stereocenters. The summed E-state index contributed by atoms with van der Waals surface area (Å²) in [5, 5.41) is 8.92. The molecule has 2 N–H and O–H groups in total. The first-order valence-electron chi connectivity index (χ1n) is 4.84. The van der Waals surface area contributed by atoms with Gasteiger partial charge < -0.3 is 10.1 Å². The number of rotatable bonds is 2. The number of aromatic amines is 1. The number of pyridine rings is 1. The van der Waals surface area contributed by atoms with Gasteiger partial charge in [-0.05, 0) is 31.3 Å². The lowest BCUT2D eigenvalue weighted by Crippen LogP contribution is -2.29. The van der Waals surface area contributed by atoms with Crippen LogP contribution in [0.3, 0.4) is 0 Å². The molecule has 0 aliphatic carbocycles. The van der Waals surface area contributed by atoms with Crippen molar-refractivity contribution in [1.82, 2.24) is 14.5 Å². The number of carboxylic acids is 1. The largest absolute Gasteiger partial charge is 0.480 e. The summed E-state index contributed by atoms with van der Waals surface area (Å²) in [6.45, 7) is 1.39. The third-order valence-corrected chi connectivity index (χ3v) is 2.73. The molecule has 0 bridgehead atoms. The second-order valence-electron chi connectivity index (χ2n) is 3.52. The number of nitrogens with zero attached hydrogens (tertiary/aromatic N) is 2. The summed E-state index contributed by atoms with van der Waals surface area (Å²) >= 11 is 4.98. The van der Waals surface area contributed by atoms with Gasteiger partial charge in [-0.2, -0.15) is 0 Å². The Morgan fingerprint density at radius 3 is 3.00 bits per heavy atom. The highest BCUT2D eigenvalue weighted by Gasteiger charge is 2.17. The lowest BCUT2D eigenvalue weighted by molar-refractivity contribution is -0.140. The van der Waals surface area contributed by atoms with Gasteiger partial charge in [0.2, 0.25) is 0 Å². The van der Waals surface area contributed by atoms with E-state index in [4.69, 9.17) is 17.3 Å². The number of hydrogen-bond acceptors (Lipinski definition) is 4. The third-order valence-electron chi connectivity index (χ3n) is 2.43. The van der Waals surface area contributed by atoms with E-state index < -0.39 is 17.6 Å². The van der Waals surface area contributed by atoms with Crippen LogP contribution in [0.2, 0.25) is 0 Å². The average molecular weight is 251 g/mol. The van der Waals surface area contributed by atoms with Crippen molar-refractivity contribution in [3.63, 3.8) is 0 Å². The number of aromatic nitrogens is 3. The molecule has 2 rings (SSSR count). The van der Waals surface area contributed by atoms with Crippen molar-refractivity contribution in [2.75, 3.05) is 0 Å². The van der Waals surface area contributed by atoms with Crippen molar-refractivity contribution >= 4 is 29.2 Å². The van der Waals surface area contributed by atoms with Gasteiger partial charge in [0.05, 0.1) is 5.52 Å². The number of carbonyl (C=O) groups is 1. The fraction of sp³-hybridized carbons (Fsp3) is 0.200. The second-order valence-corrected chi connectivity index (χ2v) is 3.91. The summed E-state index contributed by atoms with van der Waals surface area (Å²) < 4.78 is 1.08. The fourth-order valence-corrected chi connectivity index (χ4v) is 1.87. The first-order chi connectivity index (χ1) is 8.02. The van der Waals surface area contributed by atoms with E-state index in [2.05, 4.69) is 9.97 Å². The Bertz CT molecular complexity index is 704. The van der Waals surface area contributed by atoms with Crippen molar-refractivity contribution in [2.24, 2.45) is 0 Å². The molecule has 0 aliphatic rings. The Morgan fingerprint density at radius 1 is 1.65 bits per heavy atom. The first kappa shape index (κ1) is 11.5. The van der Waals surface area contributed by atoms with Crippen LogP contribution in [0.5, 0.6) is 0 Å². The summed E-state index contributed by atoms with van der Waals surface area (Å²) in [7, 11) is 0. The molecule has 0 aromatic carbocycles. The molecule has 1 atom stereocenters. The number of H-pyrrole nitrogens is 1. The zero-order valence-electron chi connectivity index (χ0n) is 8.88. The van der Waals surface area contributed by atoms with Gasteiger partial charge in [0.25, 0.3) is 5.56 Å². The maximum atomic E-state index is 12.0. The number of hydrogen-bond donors (Lipinski definition) is 2. The van der Waals surface area contributed by atoms with Crippen molar-refractivity contribution in [3.8, 4) is 0 Å². The molecule has 88 valence electrons. The number of fused-ring (bicyclic) bond motifs is 1. The van der Waals surface area contributed by atoms with Crippen LogP contribution >= 0.6 is 12.2 Å². The molecule has 2 heterocycles. The quantitative estimate of drug-likeness (QED) is 0.780. The van der Waals surface area contributed by atoms with E-state index >= 15 is 0 Å². The van der Waals surface area contributed by atoms with Gasteiger partial charge in [-0.15, -0.1) is 0 Å². The van der Waals surface area contributed by atoms with Crippen molar-refractivity contribution in [3.05, 3.63) is 33.5 Å². The van der Waals surface area contributed by atoms with Gasteiger partial charge in [0.15, 0.2) is 10.3 Å². The highest BCUT2D eigenvalue weighted by Crippen LogP contribution is 2.07. The van der Waals surface area contributed by atoms with Crippen LogP contribution in [0.4, 0.5) is 0 Å². The minimum absolute atomic E-state index is 0.0744. The van der Waals surface area contributed by atoms with E-state index in [9.17, 15) is 9.59 Å². The third kappa shape index (κ3) is 1.84.